The second kappa shape index (κ2) is 4.94. The summed E-state index contributed by atoms with van der Waals surface area (Å²) in [6.07, 6.45) is 1.01. The first-order valence-electron chi connectivity index (χ1n) is 4.95. The van der Waals surface area contributed by atoms with Crippen LogP contribution in [0.4, 0.5) is 0 Å². The van der Waals surface area contributed by atoms with Gasteiger partial charge in [-0.1, -0.05) is 42.5 Å². The van der Waals surface area contributed by atoms with Crippen molar-refractivity contribution in [2.75, 3.05) is 6.61 Å². The van der Waals surface area contributed by atoms with Gasteiger partial charge in [-0.3, -0.25) is 0 Å². The van der Waals surface area contributed by atoms with E-state index in [4.69, 9.17) is 4.74 Å². The highest BCUT2D eigenvalue weighted by molar-refractivity contribution is 7.11. The Morgan fingerprint density at radius 1 is 1.40 bits per heavy atom. The van der Waals surface area contributed by atoms with Gasteiger partial charge in [-0.05, 0) is 12.5 Å². The Bertz CT molecular complexity index is 411. The van der Waals surface area contributed by atoms with E-state index in [-0.39, 0.29) is 0 Å². The van der Waals surface area contributed by atoms with Crippen molar-refractivity contribution >= 4 is 11.3 Å². The van der Waals surface area contributed by atoms with Crippen molar-refractivity contribution < 1.29 is 4.74 Å². The topological polar surface area (TPSA) is 22.1 Å². The van der Waals surface area contributed by atoms with Crippen molar-refractivity contribution in [2.24, 2.45) is 0 Å². The Morgan fingerprint density at radius 2 is 2.20 bits per heavy atom. The summed E-state index contributed by atoms with van der Waals surface area (Å²) >= 11 is 1.54. The maximum absolute atomic E-state index is 5.46. The molecule has 1 radical (unpaired) electrons. The lowest BCUT2D eigenvalue weighted by atomic mass is 10.2. The predicted molar refractivity (Wildman–Crippen MR) is 62.2 cm³/mol. The van der Waals surface area contributed by atoms with Crippen LogP contribution < -0.4 is 4.74 Å². The highest BCUT2D eigenvalue weighted by Gasteiger charge is 2.03. The normalized spacial score (nSPS) is 10.2. The number of thiazole rings is 1. The smallest absolute Gasteiger partial charge is 0.273 e. The Kier molecular flexibility index (Phi) is 3.35. The Labute approximate surface area is 93.6 Å². The molecule has 77 valence electrons. The summed E-state index contributed by atoms with van der Waals surface area (Å²) in [6, 6.07) is 10.8. The van der Waals surface area contributed by atoms with E-state index >= 15 is 0 Å². The number of aromatic nitrogens is 1. The fraction of sp³-hybridized carbons (Fsp3) is 0.250. The zero-order valence-electron chi connectivity index (χ0n) is 8.56. The van der Waals surface area contributed by atoms with E-state index in [9.17, 15) is 0 Å². The molecule has 0 N–H and O–H groups in total. The zero-order valence-corrected chi connectivity index (χ0v) is 9.38. The second-order valence-electron chi connectivity index (χ2n) is 3.14. The van der Waals surface area contributed by atoms with E-state index in [1.165, 1.54) is 0 Å². The first-order valence-corrected chi connectivity index (χ1v) is 5.83. The first kappa shape index (κ1) is 10.2. The van der Waals surface area contributed by atoms with Gasteiger partial charge in [-0.15, -0.1) is 0 Å². The predicted octanol–water partition coefficient (Wildman–Crippen LogP) is 3.40. The van der Waals surface area contributed by atoms with Crippen LogP contribution in [0.1, 0.15) is 13.3 Å². The SMILES string of the molecule is CCCOc1nc(-c2cc[c]cc2)cs1. The van der Waals surface area contributed by atoms with E-state index < -0.39 is 0 Å². The van der Waals surface area contributed by atoms with Crippen molar-refractivity contribution in [3.63, 3.8) is 0 Å². The van der Waals surface area contributed by atoms with E-state index in [0.717, 1.165) is 29.5 Å². The molecule has 0 amide bonds. The molecule has 15 heavy (non-hydrogen) atoms. The summed E-state index contributed by atoms with van der Waals surface area (Å²) < 4.78 is 5.46. The van der Waals surface area contributed by atoms with Gasteiger partial charge in [0.2, 0.25) is 0 Å². The summed E-state index contributed by atoms with van der Waals surface area (Å²) in [4.78, 5) is 4.40. The van der Waals surface area contributed by atoms with Gasteiger partial charge in [0.1, 0.15) is 0 Å². The van der Waals surface area contributed by atoms with Crippen molar-refractivity contribution in [1.82, 2.24) is 4.98 Å². The Balaban J connectivity index is 2.14. The number of benzene rings is 1. The minimum absolute atomic E-state index is 0.732. The quantitative estimate of drug-likeness (QED) is 0.784. The number of hydrogen-bond acceptors (Lipinski definition) is 3. The van der Waals surface area contributed by atoms with Gasteiger partial charge in [0.15, 0.2) is 0 Å². The summed E-state index contributed by atoms with van der Waals surface area (Å²) in [6.45, 7) is 2.82. The maximum Gasteiger partial charge on any atom is 0.273 e. The second-order valence-corrected chi connectivity index (χ2v) is 3.96. The van der Waals surface area contributed by atoms with Crippen LogP contribution in [0.3, 0.4) is 0 Å². The third-order valence-corrected chi connectivity index (χ3v) is 2.68. The van der Waals surface area contributed by atoms with Crippen LogP contribution in [0.15, 0.2) is 29.6 Å². The molecule has 0 aliphatic heterocycles. The molecule has 3 heteroatoms. The standard InChI is InChI=1S/C12H12NOS/c1-2-8-14-12-13-11(9-15-12)10-6-4-3-5-7-10/h4-7,9H,2,8H2,1H3. The van der Waals surface area contributed by atoms with E-state index in [2.05, 4.69) is 18.0 Å². The number of nitrogens with zero attached hydrogens (tertiary/aromatic N) is 1. The lowest BCUT2D eigenvalue weighted by Gasteiger charge is -1.97. The first-order chi connectivity index (χ1) is 7.40. The molecule has 2 aromatic rings. The van der Waals surface area contributed by atoms with Crippen LogP contribution in [-0.4, -0.2) is 11.6 Å². The molecule has 0 fully saturated rings. The molecule has 0 atom stereocenters. The van der Waals surface area contributed by atoms with Gasteiger partial charge in [-0.25, -0.2) is 4.98 Å². The molecular formula is C12H12NOS. The minimum atomic E-state index is 0.732. The minimum Gasteiger partial charge on any atom is -0.470 e. The zero-order chi connectivity index (χ0) is 10.5. The highest BCUT2D eigenvalue weighted by Crippen LogP contribution is 2.25. The van der Waals surface area contributed by atoms with E-state index in [1.54, 1.807) is 11.3 Å². The molecule has 1 aromatic heterocycles. The molecule has 1 heterocycles. The average molecular weight is 218 g/mol. The molecular weight excluding hydrogens is 206 g/mol. The van der Waals surface area contributed by atoms with Crippen molar-refractivity contribution in [3.8, 4) is 16.5 Å². The average Bonchev–Trinajstić information content (AvgIpc) is 2.76. The Hall–Kier alpha value is -1.35. The summed E-state index contributed by atoms with van der Waals surface area (Å²) in [7, 11) is 0. The lowest BCUT2D eigenvalue weighted by molar-refractivity contribution is 0.316. The van der Waals surface area contributed by atoms with Crippen LogP contribution in [-0.2, 0) is 0 Å². The van der Waals surface area contributed by atoms with Gasteiger partial charge < -0.3 is 4.74 Å². The fourth-order valence-electron chi connectivity index (χ4n) is 1.20. The molecule has 0 bridgehead atoms. The van der Waals surface area contributed by atoms with Crippen molar-refractivity contribution in [3.05, 3.63) is 35.7 Å². The monoisotopic (exact) mass is 218 g/mol. The third kappa shape index (κ3) is 2.57. The van der Waals surface area contributed by atoms with Crippen molar-refractivity contribution in [1.29, 1.82) is 0 Å². The van der Waals surface area contributed by atoms with Gasteiger partial charge in [0.25, 0.3) is 5.19 Å². The van der Waals surface area contributed by atoms with Crippen LogP contribution >= 0.6 is 11.3 Å². The number of hydrogen-bond donors (Lipinski definition) is 0. The molecule has 0 spiro atoms. The third-order valence-electron chi connectivity index (χ3n) is 1.93. The van der Waals surface area contributed by atoms with Crippen molar-refractivity contribution in [2.45, 2.75) is 13.3 Å². The number of rotatable bonds is 4. The van der Waals surface area contributed by atoms with Gasteiger partial charge in [-0.2, -0.15) is 0 Å². The van der Waals surface area contributed by atoms with E-state index in [0.29, 0.717) is 0 Å². The summed E-state index contributed by atoms with van der Waals surface area (Å²) in [5, 5.41) is 2.76. The highest BCUT2D eigenvalue weighted by atomic mass is 32.1. The van der Waals surface area contributed by atoms with E-state index in [1.807, 2.05) is 29.6 Å². The lowest BCUT2D eigenvalue weighted by Crippen LogP contribution is -1.93. The largest absolute Gasteiger partial charge is 0.470 e. The molecule has 0 aliphatic rings. The molecule has 0 saturated carbocycles. The molecule has 2 rings (SSSR count). The van der Waals surface area contributed by atoms with Crippen LogP contribution in [0.25, 0.3) is 11.3 Å². The Morgan fingerprint density at radius 3 is 2.93 bits per heavy atom. The van der Waals surface area contributed by atoms with Gasteiger partial charge >= 0.3 is 0 Å². The fourth-order valence-corrected chi connectivity index (χ4v) is 1.91. The molecule has 0 saturated heterocycles. The molecule has 0 aliphatic carbocycles. The molecule has 0 unspecified atom stereocenters. The van der Waals surface area contributed by atoms with Gasteiger partial charge in [0, 0.05) is 10.9 Å². The van der Waals surface area contributed by atoms with Crippen LogP contribution in [0.2, 0.25) is 0 Å². The molecule has 2 nitrogen and oxygen atoms in total. The summed E-state index contributed by atoms with van der Waals surface area (Å²) in [5.41, 5.74) is 2.08. The number of ether oxygens (including phenoxy) is 1. The summed E-state index contributed by atoms with van der Waals surface area (Å²) in [5.74, 6) is 0. The maximum atomic E-state index is 5.46. The van der Waals surface area contributed by atoms with Crippen LogP contribution in [0.5, 0.6) is 5.19 Å². The van der Waals surface area contributed by atoms with Gasteiger partial charge in [0.05, 0.1) is 12.3 Å². The van der Waals surface area contributed by atoms with Crippen LogP contribution in [0, 0.1) is 6.07 Å². The molecule has 1 aromatic carbocycles.